The molecule has 0 spiro atoms. The first-order valence-electron chi connectivity index (χ1n) is 15.0. The molecule has 2 fully saturated rings. The second-order valence-electron chi connectivity index (χ2n) is 11.6. The van der Waals surface area contributed by atoms with Crippen molar-refractivity contribution in [2.45, 2.75) is 42.9 Å². The van der Waals surface area contributed by atoms with Gasteiger partial charge in [0, 0.05) is 23.3 Å². The number of aliphatic carboxylic acids is 1. The van der Waals surface area contributed by atoms with E-state index in [9.17, 15) is 14.7 Å². The zero-order chi connectivity index (χ0) is 30.2. The van der Waals surface area contributed by atoms with E-state index < -0.39 is 5.97 Å². The van der Waals surface area contributed by atoms with Crippen LogP contribution < -0.4 is 4.90 Å². The van der Waals surface area contributed by atoms with E-state index in [0.29, 0.717) is 22.7 Å². The number of carbonyl (C=O) groups is 2. The summed E-state index contributed by atoms with van der Waals surface area (Å²) in [7, 11) is 0. The molecule has 1 N–H and O–H groups in total. The van der Waals surface area contributed by atoms with Crippen LogP contribution in [-0.2, 0) is 16.0 Å². The fourth-order valence-electron chi connectivity index (χ4n) is 6.96. The Morgan fingerprint density at radius 1 is 0.909 bits per heavy atom. The Kier molecular flexibility index (Phi) is 7.83. The summed E-state index contributed by atoms with van der Waals surface area (Å²) in [6.45, 7) is -0.377. The molecule has 3 unspecified atom stereocenters. The largest absolute Gasteiger partial charge is 0.480 e. The summed E-state index contributed by atoms with van der Waals surface area (Å²) in [5.74, 6) is -0.798. The first-order valence-corrected chi connectivity index (χ1v) is 16.3. The summed E-state index contributed by atoms with van der Waals surface area (Å²) >= 11 is 6.62. The molecule has 44 heavy (non-hydrogen) atoms. The molecule has 0 bridgehead atoms. The van der Waals surface area contributed by atoms with E-state index in [1.54, 1.807) is 0 Å². The van der Waals surface area contributed by atoms with E-state index in [4.69, 9.17) is 12.2 Å². The van der Waals surface area contributed by atoms with Gasteiger partial charge >= 0.3 is 5.97 Å². The minimum Gasteiger partial charge on any atom is -0.480 e. The standard InChI is InChI=1S/C37H32N2O3S2/c40-35(41)23-38-36(42)34(44-37(38)43)22-25-16-19-33-31(21-25)29-12-7-13-32(29)39(33)28-17-14-24(15-18-28)20-30(26-8-3-1-4-9-26)27-10-5-2-6-11-27/h1-6,8-11,14-21,29,32,34H,7,12-13,22-23H2,(H,40,41). The molecule has 4 aromatic carbocycles. The fraction of sp³-hybridized carbons (Fsp3) is 0.216. The highest BCUT2D eigenvalue weighted by Crippen LogP contribution is 2.52. The molecule has 220 valence electrons. The number of amides is 1. The maximum absolute atomic E-state index is 12.9. The van der Waals surface area contributed by atoms with Gasteiger partial charge in [-0.1, -0.05) is 115 Å². The van der Waals surface area contributed by atoms with Crippen molar-refractivity contribution in [2.24, 2.45) is 0 Å². The van der Waals surface area contributed by atoms with Crippen LogP contribution in [0.15, 0.2) is 103 Å². The molecule has 7 heteroatoms. The van der Waals surface area contributed by atoms with Gasteiger partial charge < -0.3 is 10.0 Å². The third kappa shape index (κ3) is 5.46. The van der Waals surface area contributed by atoms with E-state index in [0.717, 1.165) is 24.0 Å². The summed E-state index contributed by atoms with van der Waals surface area (Å²) in [5.41, 5.74) is 9.62. The van der Waals surface area contributed by atoms with E-state index in [1.807, 2.05) is 12.1 Å². The number of carboxylic acid groups (broad SMARTS) is 1. The second kappa shape index (κ2) is 12.1. The maximum Gasteiger partial charge on any atom is 0.323 e. The number of anilines is 2. The number of thiocarbonyl (C=S) groups is 1. The molecule has 3 aliphatic rings. The van der Waals surface area contributed by atoms with E-state index in [2.05, 4.69) is 102 Å². The van der Waals surface area contributed by atoms with E-state index >= 15 is 0 Å². The van der Waals surface area contributed by atoms with E-state index in [1.165, 1.54) is 56.7 Å². The van der Waals surface area contributed by atoms with Crippen LogP contribution in [0.25, 0.3) is 11.6 Å². The third-order valence-electron chi connectivity index (χ3n) is 8.93. The lowest BCUT2D eigenvalue weighted by Gasteiger charge is -2.27. The molecule has 0 aromatic heterocycles. The molecule has 5 nitrogen and oxygen atoms in total. The molecule has 1 saturated heterocycles. The van der Waals surface area contributed by atoms with Crippen LogP contribution in [0, 0.1) is 0 Å². The van der Waals surface area contributed by atoms with Gasteiger partial charge in [0.25, 0.3) is 0 Å². The number of rotatable bonds is 8. The quantitative estimate of drug-likeness (QED) is 0.160. The lowest BCUT2D eigenvalue weighted by Crippen LogP contribution is -2.36. The number of carbonyl (C=O) groups excluding carboxylic acids is 1. The molecular formula is C37H32N2O3S2. The molecule has 4 aromatic rings. The third-order valence-corrected chi connectivity index (χ3v) is 10.5. The SMILES string of the molecule is O=C(O)CN1C(=O)C(Cc2ccc3c(c2)C2CCCC2N3c2ccc(C=C(c3ccccc3)c3ccccc3)cc2)SC1=S. The van der Waals surface area contributed by atoms with Gasteiger partial charge in [-0.25, -0.2) is 0 Å². The molecule has 0 radical (unpaired) electrons. The van der Waals surface area contributed by atoms with Gasteiger partial charge in [-0.3, -0.25) is 14.5 Å². The van der Waals surface area contributed by atoms with Gasteiger partial charge in [-0.05, 0) is 76.9 Å². The smallest absolute Gasteiger partial charge is 0.323 e. The van der Waals surface area contributed by atoms with Gasteiger partial charge in [0.15, 0.2) is 0 Å². The Morgan fingerprint density at radius 2 is 1.59 bits per heavy atom. The Labute approximate surface area is 267 Å². The summed E-state index contributed by atoms with van der Waals surface area (Å²) < 4.78 is 0.351. The molecule has 2 aliphatic heterocycles. The van der Waals surface area contributed by atoms with Crippen LogP contribution in [-0.4, -0.2) is 44.0 Å². The molecule has 3 atom stereocenters. The van der Waals surface area contributed by atoms with Crippen LogP contribution >= 0.6 is 24.0 Å². The number of fused-ring (bicyclic) bond motifs is 3. The molecule has 1 aliphatic carbocycles. The lowest BCUT2D eigenvalue weighted by atomic mass is 9.95. The van der Waals surface area contributed by atoms with Crippen molar-refractivity contribution in [3.63, 3.8) is 0 Å². The molecule has 7 rings (SSSR count). The Morgan fingerprint density at radius 3 is 2.25 bits per heavy atom. The molecule has 1 amide bonds. The number of hydrogen-bond acceptors (Lipinski definition) is 5. The van der Waals surface area contributed by atoms with Crippen LogP contribution in [0.4, 0.5) is 11.4 Å². The Hall–Kier alpha value is -4.20. The van der Waals surface area contributed by atoms with Gasteiger partial charge in [0.2, 0.25) is 5.91 Å². The summed E-state index contributed by atoms with van der Waals surface area (Å²) in [6, 6.07) is 37.0. The number of hydrogen-bond donors (Lipinski definition) is 1. The molecule has 1 saturated carbocycles. The van der Waals surface area contributed by atoms with E-state index in [-0.39, 0.29) is 17.7 Å². The van der Waals surface area contributed by atoms with Crippen LogP contribution in [0.5, 0.6) is 0 Å². The van der Waals surface area contributed by atoms with Crippen LogP contribution in [0.1, 0.15) is 53.0 Å². The fourth-order valence-corrected chi connectivity index (χ4v) is 8.49. The first-order chi connectivity index (χ1) is 21.5. The monoisotopic (exact) mass is 616 g/mol. The van der Waals surface area contributed by atoms with Crippen molar-refractivity contribution in [1.82, 2.24) is 4.90 Å². The summed E-state index contributed by atoms with van der Waals surface area (Å²) in [5, 5.41) is 8.79. The maximum atomic E-state index is 12.9. The van der Waals surface area contributed by atoms with Crippen molar-refractivity contribution in [2.75, 3.05) is 11.4 Å². The first kappa shape index (κ1) is 28.6. The van der Waals surface area contributed by atoms with Crippen molar-refractivity contribution in [3.05, 3.63) is 131 Å². The van der Waals surface area contributed by atoms with Crippen molar-refractivity contribution in [1.29, 1.82) is 0 Å². The number of benzene rings is 4. The normalized spacial score (nSPS) is 20.5. The van der Waals surface area contributed by atoms with Gasteiger partial charge in [-0.2, -0.15) is 0 Å². The second-order valence-corrected chi connectivity index (χ2v) is 13.5. The molecule has 2 heterocycles. The van der Waals surface area contributed by atoms with Crippen molar-refractivity contribution < 1.29 is 14.7 Å². The topological polar surface area (TPSA) is 60.9 Å². The predicted octanol–water partition coefficient (Wildman–Crippen LogP) is 7.92. The zero-order valence-electron chi connectivity index (χ0n) is 24.1. The summed E-state index contributed by atoms with van der Waals surface area (Å²) in [6.07, 6.45) is 6.31. The van der Waals surface area contributed by atoms with Gasteiger partial charge in [-0.15, -0.1) is 0 Å². The highest BCUT2D eigenvalue weighted by Gasteiger charge is 2.43. The van der Waals surface area contributed by atoms with Crippen LogP contribution in [0.3, 0.4) is 0 Å². The highest BCUT2D eigenvalue weighted by atomic mass is 32.2. The minimum absolute atomic E-state index is 0.208. The average molecular weight is 617 g/mol. The Balaban J connectivity index is 1.15. The van der Waals surface area contributed by atoms with Crippen LogP contribution in [0.2, 0.25) is 0 Å². The number of carboxylic acids is 1. The average Bonchev–Trinajstić information content (AvgIpc) is 3.71. The highest BCUT2D eigenvalue weighted by molar-refractivity contribution is 8.24. The van der Waals surface area contributed by atoms with Gasteiger partial charge in [0.1, 0.15) is 10.9 Å². The zero-order valence-corrected chi connectivity index (χ0v) is 25.8. The molecular weight excluding hydrogens is 585 g/mol. The van der Waals surface area contributed by atoms with Gasteiger partial charge in [0.05, 0.1) is 5.25 Å². The summed E-state index contributed by atoms with van der Waals surface area (Å²) in [4.78, 5) is 27.8. The van der Waals surface area contributed by atoms with Crippen molar-refractivity contribution in [3.8, 4) is 0 Å². The minimum atomic E-state index is -1.05. The lowest BCUT2D eigenvalue weighted by molar-refractivity contribution is -0.141. The number of nitrogens with zero attached hydrogens (tertiary/aromatic N) is 2. The Bertz CT molecular complexity index is 1710. The number of thioether (sulfide) groups is 1. The van der Waals surface area contributed by atoms with Crippen molar-refractivity contribution >= 4 is 63.2 Å². The predicted molar refractivity (Wildman–Crippen MR) is 182 cm³/mol.